The predicted octanol–water partition coefficient (Wildman–Crippen LogP) is 5.84. The van der Waals surface area contributed by atoms with Crippen LogP contribution in [0.25, 0.3) is 0 Å². The zero-order valence-corrected chi connectivity index (χ0v) is 15.6. The van der Waals surface area contributed by atoms with Crippen molar-refractivity contribution in [3.05, 3.63) is 23.3 Å². The highest BCUT2D eigenvalue weighted by Crippen LogP contribution is 2.55. The average molecular weight is 319 g/mol. The smallest absolute Gasteiger partial charge is 0.309 e. The predicted molar refractivity (Wildman–Crippen MR) is 96.3 cm³/mol. The lowest BCUT2D eigenvalue weighted by molar-refractivity contribution is -0.156. The van der Waals surface area contributed by atoms with E-state index in [4.69, 9.17) is 0 Å². The third kappa shape index (κ3) is 3.27. The van der Waals surface area contributed by atoms with Gasteiger partial charge >= 0.3 is 5.97 Å². The minimum Gasteiger partial charge on any atom is -0.481 e. The van der Waals surface area contributed by atoms with Gasteiger partial charge in [0.25, 0.3) is 0 Å². The Morgan fingerprint density at radius 2 is 2.00 bits per heavy atom. The normalized spacial score (nSPS) is 36.0. The number of rotatable bonds is 2. The largest absolute Gasteiger partial charge is 0.481 e. The van der Waals surface area contributed by atoms with Crippen molar-refractivity contribution >= 4 is 5.97 Å². The number of carboxylic acids is 1. The molecule has 23 heavy (non-hydrogen) atoms. The van der Waals surface area contributed by atoms with Crippen LogP contribution in [0.4, 0.5) is 0 Å². The van der Waals surface area contributed by atoms with Crippen molar-refractivity contribution in [2.45, 2.75) is 73.1 Å². The minimum absolute atomic E-state index is 0.339. The summed E-state index contributed by atoms with van der Waals surface area (Å²) in [5.74, 6) is 1.60. The number of allylic oxidation sites excluding steroid dienone is 4. The summed E-state index contributed by atoms with van der Waals surface area (Å²) in [6, 6.07) is 0. The van der Waals surface area contributed by atoms with Crippen LogP contribution in [0.5, 0.6) is 0 Å². The van der Waals surface area contributed by atoms with Crippen LogP contribution >= 0.6 is 0 Å². The van der Waals surface area contributed by atoms with E-state index in [1.54, 1.807) is 5.57 Å². The molecule has 130 valence electrons. The fourth-order valence-electron chi connectivity index (χ4n) is 5.02. The van der Waals surface area contributed by atoms with E-state index in [9.17, 15) is 9.90 Å². The van der Waals surface area contributed by atoms with Gasteiger partial charge in [-0.15, -0.1) is 0 Å². The topological polar surface area (TPSA) is 37.3 Å². The molecular weight excluding hydrogens is 284 g/mol. The highest BCUT2D eigenvalue weighted by Gasteiger charge is 2.50. The Hall–Kier alpha value is -1.05. The molecular formula is C21H34O2. The Morgan fingerprint density at radius 3 is 2.61 bits per heavy atom. The standard InChI is InChI=1S/C19H28O2.C2H6/c1-12(2)13-6-8-15-14(11-13)7-9-17-16(15)5-4-10-19(17,3)18(20)21;1-2/h7,11-12,15-17H,4-6,8-10H2,1-3H3,(H,20,21);1-2H3/t15?,16?,17?,19-;/m1./s1. The molecule has 3 unspecified atom stereocenters. The molecule has 0 radical (unpaired) electrons. The summed E-state index contributed by atoms with van der Waals surface area (Å²) < 4.78 is 0. The van der Waals surface area contributed by atoms with Gasteiger partial charge in [0.2, 0.25) is 0 Å². The van der Waals surface area contributed by atoms with Crippen molar-refractivity contribution < 1.29 is 9.90 Å². The molecule has 0 aliphatic heterocycles. The first-order valence-electron chi connectivity index (χ1n) is 9.57. The van der Waals surface area contributed by atoms with E-state index in [1.807, 2.05) is 20.8 Å². The maximum Gasteiger partial charge on any atom is 0.309 e. The fourth-order valence-corrected chi connectivity index (χ4v) is 5.02. The lowest BCUT2D eigenvalue weighted by Gasteiger charge is -2.50. The lowest BCUT2D eigenvalue weighted by atomic mass is 9.54. The van der Waals surface area contributed by atoms with E-state index in [-0.39, 0.29) is 0 Å². The van der Waals surface area contributed by atoms with Crippen LogP contribution in [0, 0.1) is 29.1 Å². The van der Waals surface area contributed by atoms with Crippen molar-refractivity contribution in [3.63, 3.8) is 0 Å². The summed E-state index contributed by atoms with van der Waals surface area (Å²) in [5.41, 5.74) is 2.58. The Morgan fingerprint density at radius 1 is 1.30 bits per heavy atom. The van der Waals surface area contributed by atoms with Crippen LogP contribution in [-0.4, -0.2) is 11.1 Å². The second-order valence-corrected chi connectivity index (χ2v) is 7.84. The van der Waals surface area contributed by atoms with Crippen LogP contribution < -0.4 is 0 Å². The summed E-state index contributed by atoms with van der Waals surface area (Å²) >= 11 is 0. The molecule has 0 spiro atoms. The quantitative estimate of drug-likeness (QED) is 0.694. The monoisotopic (exact) mass is 318 g/mol. The molecule has 3 aliphatic carbocycles. The first-order valence-corrected chi connectivity index (χ1v) is 9.57. The van der Waals surface area contributed by atoms with Crippen molar-refractivity contribution in [3.8, 4) is 0 Å². The Kier molecular flexibility index (Phi) is 5.75. The van der Waals surface area contributed by atoms with Gasteiger partial charge in [-0.25, -0.2) is 0 Å². The van der Waals surface area contributed by atoms with Gasteiger partial charge in [-0.05, 0) is 68.3 Å². The van der Waals surface area contributed by atoms with E-state index in [2.05, 4.69) is 26.0 Å². The Labute approximate surface area is 142 Å². The molecule has 3 rings (SSSR count). The highest BCUT2D eigenvalue weighted by molar-refractivity contribution is 5.75. The molecule has 1 saturated carbocycles. The molecule has 0 aromatic heterocycles. The van der Waals surface area contributed by atoms with Crippen LogP contribution in [0.15, 0.2) is 23.3 Å². The number of hydrogen-bond acceptors (Lipinski definition) is 1. The molecule has 2 nitrogen and oxygen atoms in total. The van der Waals surface area contributed by atoms with E-state index in [0.29, 0.717) is 23.7 Å². The van der Waals surface area contributed by atoms with Crippen molar-refractivity contribution in [2.24, 2.45) is 29.1 Å². The van der Waals surface area contributed by atoms with Gasteiger partial charge in [-0.3, -0.25) is 4.79 Å². The number of carboxylic acid groups (broad SMARTS) is 1. The summed E-state index contributed by atoms with van der Waals surface area (Å²) in [5, 5.41) is 9.71. The molecule has 1 N–H and O–H groups in total. The molecule has 4 atom stereocenters. The van der Waals surface area contributed by atoms with Crippen LogP contribution in [-0.2, 0) is 4.79 Å². The number of carbonyl (C=O) groups is 1. The van der Waals surface area contributed by atoms with E-state index in [1.165, 1.54) is 24.8 Å². The molecule has 3 aliphatic rings. The summed E-state index contributed by atoms with van der Waals surface area (Å²) in [7, 11) is 0. The van der Waals surface area contributed by atoms with Crippen molar-refractivity contribution in [1.29, 1.82) is 0 Å². The molecule has 0 heterocycles. The Balaban J connectivity index is 0.000000924. The van der Waals surface area contributed by atoms with Gasteiger partial charge in [-0.1, -0.05) is 51.8 Å². The number of hydrogen-bond donors (Lipinski definition) is 1. The SMILES string of the molecule is CC.CC(C)C1=CC2=CCC3C(CCC[C@@]3(C)C(=O)O)C2CC1. The van der Waals surface area contributed by atoms with Gasteiger partial charge in [0, 0.05) is 0 Å². The highest BCUT2D eigenvalue weighted by atomic mass is 16.4. The van der Waals surface area contributed by atoms with Gasteiger partial charge in [-0.2, -0.15) is 0 Å². The molecule has 0 aromatic rings. The summed E-state index contributed by atoms with van der Waals surface area (Å²) in [6.07, 6.45) is 11.3. The summed E-state index contributed by atoms with van der Waals surface area (Å²) in [6.45, 7) is 10.5. The first-order chi connectivity index (χ1) is 10.9. The van der Waals surface area contributed by atoms with Gasteiger partial charge < -0.3 is 5.11 Å². The Bertz CT molecular complexity index is 500. The molecule has 0 saturated heterocycles. The maximum atomic E-state index is 11.8. The van der Waals surface area contributed by atoms with E-state index in [0.717, 1.165) is 19.3 Å². The second-order valence-electron chi connectivity index (χ2n) is 7.84. The second kappa shape index (κ2) is 7.23. The van der Waals surface area contributed by atoms with Crippen molar-refractivity contribution in [1.82, 2.24) is 0 Å². The molecule has 2 heteroatoms. The maximum absolute atomic E-state index is 11.8. The van der Waals surface area contributed by atoms with Crippen LogP contribution in [0.1, 0.15) is 73.1 Å². The van der Waals surface area contributed by atoms with Crippen molar-refractivity contribution in [2.75, 3.05) is 0 Å². The molecule has 1 fully saturated rings. The minimum atomic E-state index is -0.580. The third-order valence-corrected chi connectivity index (χ3v) is 6.45. The number of fused-ring (bicyclic) bond motifs is 3. The average Bonchev–Trinajstić information content (AvgIpc) is 2.56. The first kappa shape index (κ1) is 18.3. The zero-order valence-electron chi connectivity index (χ0n) is 15.6. The molecule has 0 aromatic carbocycles. The number of aliphatic carboxylic acids is 1. The van der Waals surface area contributed by atoms with E-state index >= 15 is 0 Å². The molecule has 0 bridgehead atoms. The summed E-state index contributed by atoms with van der Waals surface area (Å²) in [4.78, 5) is 11.8. The van der Waals surface area contributed by atoms with Gasteiger partial charge in [0.15, 0.2) is 0 Å². The van der Waals surface area contributed by atoms with Crippen LogP contribution in [0.3, 0.4) is 0 Å². The lowest BCUT2D eigenvalue weighted by Crippen LogP contribution is -2.47. The third-order valence-electron chi connectivity index (χ3n) is 6.45. The molecule has 0 amide bonds. The zero-order chi connectivity index (χ0) is 17.2. The van der Waals surface area contributed by atoms with Gasteiger partial charge in [0.05, 0.1) is 5.41 Å². The van der Waals surface area contributed by atoms with E-state index < -0.39 is 11.4 Å². The fraction of sp³-hybridized carbons (Fsp3) is 0.762. The van der Waals surface area contributed by atoms with Crippen LogP contribution in [0.2, 0.25) is 0 Å². The van der Waals surface area contributed by atoms with Gasteiger partial charge in [0.1, 0.15) is 0 Å².